The van der Waals surface area contributed by atoms with Gasteiger partial charge in [-0.15, -0.1) is 0 Å². The summed E-state index contributed by atoms with van der Waals surface area (Å²) in [6.45, 7) is 5.54. The van der Waals surface area contributed by atoms with Crippen molar-refractivity contribution >= 4 is 11.8 Å². The van der Waals surface area contributed by atoms with Crippen LogP contribution >= 0.6 is 0 Å². The molecule has 1 aromatic heterocycles. The summed E-state index contributed by atoms with van der Waals surface area (Å²) in [7, 11) is 0. The van der Waals surface area contributed by atoms with Crippen molar-refractivity contribution in [2.45, 2.75) is 39.2 Å². The Morgan fingerprint density at radius 2 is 1.96 bits per heavy atom. The molecule has 0 spiro atoms. The number of nitrogens with one attached hydrogen (secondary N) is 2. The topological polar surface area (TPSA) is 106 Å². The lowest BCUT2D eigenvalue weighted by Gasteiger charge is -2.34. The molecule has 2 fully saturated rings. The van der Waals surface area contributed by atoms with E-state index in [0.717, 1.165) is 25.5 Å². The van der Waals surface area contributed by atoms with Gasteiger partial charge in [-0.2, -0.15) is 0 Å². The molecule has 2 heterocycles. The molecule has 3 rings (SSSR count). The fraction of sp³-hybridized carbons (Fsp3) is 0.647. The third-order valence-electron chi connectivity index (χ3n) is 4.92. The highest BCUT2D eigenvalue weighted by molar-refractivity contribution is 5.92. The molecule has 0 radical (unpaired) electrons. The fourth-order valence-corrected chi connectivity index (χ4v) is 3.30. The van der Waals surface area contributed by atoms with Crippen LogP contribution in [0.25, 0.3) is 0 Å². The van der Waals surface area contributed by atoms with Gasteiger partial charge in [0.25, 0.3) is 11.5 Å². The van der Waals surface area contributed by atoms with Gasteiger partial charge in [0.05, 0.1) is 6.04 Å². The summed E-state index contributed by atoms with van der Waals surface area (Å²) < 4.78 is 0. The van der Waals surface area contributed by atoms with Gasteiger partial charge in [-0.3, -0.25) is 19.4 Å². The van der Waals surface area contributed by atoms with Crippen molar-refractivity contribution < 1.29 is 9.59 Å². The molecule has 8 heteroatoms. The lowest BCUT2D eigenvalue weighted by Crippen LogP contribution is -2.48. The summed E-state index contributed by atoms with van der Waals surface area (Å²) in [4.78, 5) is 56.1. The molecule has 1 aromatic rings. The van der Waals surface area contributed by atoms with Crippen LogP contribution in [0.5, 0.6) is 0 Å². The summed E-state index contributed by atoms with van der Waals surface area (Å²) in [5, 5.41) is 0. The number of hydrogen-bond acceptors (Lipinski definition) is 4. The average molecular weight is 348 g/mol. The van der Waals surface area contributed by atoms with Crippen molar-refractivity contribution in [2.24, 2.45) is 11.8 Å². The zero-order valence-electron chi connectivity index (χ0n) is 14.6. The van der Waals surface area contributed by atoms with Crippen molar-refractivity contribution in [2.75, 3.05) is 19.6 Å². The minimum Gasteiger partial charge on any atom is -0.337 e. The van der Waals surface area contributed by atoms with E-state index >= 15 is 0 Å². The second-order valence-corrected chi connectivity index (χ2v) is 7.30. The van der Waals surface area contributed by atoms with Crippen LogP contribution < -0.4 is 11.2 Å². The molecule has 1 aliphatic heterocycles. The van der Waals surface area contributed by atoms with Crippen LogP contribution in [-0.2, 0) is 4.79 Å². The number of aromatic nitrogens is 2. The monoisotopic (exact) mass is 348 g/mol. The Bertz CT molecular complexity index is 749. The highest BCUT2D eigenvalue weighted by Gasteiger charge is 2.36. The predicted molar refractivity (Wildman–Crippen MR) is 91.3 cm³/mol. The summed E-state index contributed by atoms with van der Waals surface area (Å²) in [6, 6.07) is 1.02. The first-order valence-corrected chi connectivity index (χ1v) is 8.77. The Labute approximate surface area is 145 Å². The Morgan fingerprint density at radius 3 is 2.56 bits per heavy atom. The third-order valence-corrected chi connectivity index (χ3v) is 4.92. The lowest BCUT2D eigenvalue weighted by atomic mass is 10.0. The largest absolute Gasteiger partial charge is 0.337 e. The van der Waals surface area contributed by atoms with Crippen molar-refractivity contribution in [1.82, 2.24) is 19.8 Å². The van der Waals surface area contributed by atoms with E-state index in [1.54, 1.807) is 4.90 Å². The van der Waals surface area contributed by atoms with Crippen LogP contribution in [0.4, 0.5) is 0 Å². The van der Waals surface area contributed by atoms with Gasteiger partial charge in [0.1, 0.15) is 5.69 Å². The van der Waals surface area contributed by atoms with Crippen LogP contribution in [0.1, 0.15) is 43.6 Å². The number of H-pyrrole nitrogens is 2. The normalized spacial score (nSPS) is 21.6. The maximum absolute atomic E-state index is 12.7. The maximum Gasteiger partial charge on any atom is 0.326 e. The summed E-state index contributed by atoms with van der Waals surface area (Å²) in [6.07, 6.45) is 2.58. The molecule has 0 unspecified atom stereocenters. The van der Waals surface area contributed by atoms with Crippen molar-refractivity contribution in [1.29, 1.82) is 0 Å². The first-order valence-electron chi connectivity index (χ1n) is 8.77. The van der Waals surface area contributed by atoms with Crippen LogP contribution in [0.3, 0.4) is 0 Å². The molecule has 1 saturated heterocycles. The van der Waals surface area contributed by atoms with Gasteiger partial charge in [-0.1, -0.05) is 13.8 Å². The Hall–Kier alpha value is -2.38. The Morgan fingerprint density at radius 1 is 1.24 bits per heavy atom. The van der Waals surface area contributed by atoms with Gasteiger partial charge in [0.15, 0.2) is 0 Å². The lowest BCUT2D eigenvalue weighted by molar-refractivity contribution is -0.133. The number of hydrogen-bond donors (Lipinski definition) is 2. The van der Waals surface area contributed by atoms with E-state index in [1.807, 2.05) is 18.7 Å². The van der Waals surface area contributed by atoms with Gasteiger partial charge in [-0.25, -0.2) is 4.79 Å². The van der Waals surface area contributed by atoms with E-state index in [0.29, 0.717) is 12.5 Å². The van der Waals surface area contributed by atoms with Crippen LogP contribution in [0.15, 0.2) is 15.7 Å². The number of nitrogens with zero attached hydrogens (tertiary/aromatic N) is 2. The molecule has 1 atom stereocenters. The van der Waals surface area contributed by atoms with Crippen LogP contribution in [-0.4, -0.2) is 57.3 Å². The molecule has 1 saturated carbocycles. The van der Waals surface area contributed by atoms with Gasteiger partial charge >= 0.3 is 5.69 Å². The molecule has 0 aromatic carbocycles. The number of carbonyl (C=O) groups excluding carboxylic acids is 2. The average Bonchev–Trinajstić information content (AvgIpc) is 3.36. The predicted octanol–water partition coefficient (Wildman–Crippen LogP) is 0.172. The van der Waals surface area contributed by atoms with E-state index in [1.165, 1.54) is 0 Å². The molecule has 25 heavy (non-hydrogen) atoms. The molecule has 1 aliphatic carbocycles. The van der Waals surface area contributed by atoms with Gasteiger partial charge in [0, 0.05) is 32.1 Å². The molecule has 136 valence electrons. The standard InChI is InChI=1S/C17H24N4O4/c1-10(2)13-9-20(6-5-15(23)21(13)8-11-3-4-11)16(24)12-7-14(22)19-17(25)18-12/h7,10-11,13H,3-6,8-9H2,1-2H3,(H2,18,19,22,25)/t13-/m0/s1. The number of aromatic amines is 2. The van der Waals surface area contributed by atoms with Gasteiger partial charge in [-0.05, 0) is 24.7 Å². The van der Waals surface area contributed by atoms with E-state index < -0.39 is 17.2 Å². The van der Waals surface area contributed by atoms with Gasteiger partial charge in [0.2, 0.25) is 5.91 Å². The number of amides is 2. The smallest absolute Gasteiger partial charge is 0.326 e. The fourth-order valence-electron chi connectivity index (χ4n) is 3.30. The zero-order valence-corrected chi connectivity index (χ0v) is 14.6. The van der Waals surface area contributed by atoms with Crippen molar-refractivity contribution in [3.05, 3.63) is 32.6 Å². The molecule has 0 bridgehead atoms. The zero-order chi connectivity index (χ0) is 18.1. The molecule has 2 N–H and O–H groups in total. The number of carbonyl (C=O) groups is 2. The first kappa shape index (κ1) is 17.4. The second-order valence-electron chi connectivity index (χ2n) is 7.30. The second kappa shape index (κ2) is 6.85. The van der Waals surface area contributed by atoms with Gasteiger partial charge < -0.3 is 14.8 Å². The summed E-state index contributed by atoms with van der Waals surface area (Å²) >= 11 is 0. The Balaban J connectivity index is 1.84. The highest BCUT2D eigenvalue weighted by atomic mass is 16.2. The first-order chi connectivity index (χ1) is 11.8. The van der Waals surface area contributed by atoms with E-state index in [4.69, 9.17) is 0 Å². The van der Waals surface area contributed by atoms with E-state index in [2.05, 4.69) is 9.97 Å². The van der Waals surface area contributed by atoms with E-state index in [9.17, 15) is 19.2 Å². The molecule has 2 aliphatic rings. The molecule has 2 amide bonds. The van der Waals surface area contributed by atoms with E-state index in [-0.39, 0.29) is 36.5 Å². The van der Waals surface area contributed by atoms with Crippen LogP contribution in [0, 0.1) is 11.8 Å². The SMILES string of the molecule is CC(C)[C@@H]1CN(C(=O)c2cc(=O)[nH]c(=O)[nH]2)CCC(=O)N1CC1CC1. The van der Waals surface area contributed by atoms with Crippen molar-refractivity contribution in [3.8, 4) is 0 Å². The number of rotatable bonds is 4. The molecule has 8 nitrogen and oxygen atoms in total. The molecular formula is C17H24N4O4. The quantitative estimate of drug-likeness (QED) is 0.809. The summed E-state index contributed by atoms with van der Waals surface area (Å²) in [5.74, 6) is 0.432. The minimum absolute atomic E-state index is 0.0423. The third kappa shape index (κ3) is 4.00. The minimum atomic E-state index is -0.711. The summed E-state index contributed by atoms with van der Waals surface area (Å²) in [5.41, 5.74) is -1.37. The highest BCUT2D eigenvalue weighted by Crippen LogP contribution is 2.32. The molecular weight excluding hydrogens is 324 g/mol. The van der Waals surface area contributed by atoms with Crippen LogP contribution in [0.2, 0.25) is 0 Å². The van der Waals surface area contributed by atoms with Crippen molar-refractivity contribution in [3.63, 3.8) is 0 Å². The maximum atomic E-state index is 12.7. The Kier molecular flexibility index (Phi) is 4.78.